The van der Waals surface area contributed by atoms with Gasteiger partial charge in [0, 0.05) is 12.8 Å². The third-order valence-corrected chi connectivity index (χ3v) is 2.75. The number of azo groups is 1. The smallest absolute Gasteiger partial charge is 0.189 e. The zero-order valence-electron chi connectivity index (χ0n) is 9.19. The van der Waals surface area contributed by atoms with Gasteiger partial charge in [-0.25, -0.2) is 9.97 Å². The number of thioether (sulfide) groups is 1. The summed E-state index contributed by atoms with van der Waals surface area (Å²) in [5.41, 5.74) is 7.10. The van der Waals surface area contributed by atoms with Crippen LogP contribution in [0, 0.1) is 6.92 Å². The van der Waals surface area contributed by atoms with Crippen molar-refractivity contribution in [3.05, 3.63) is 5.69 Å². The third-order valence-electron chi connectivity index (χ3n) is 1.70. The van der Waals surface area contributed by atoms with E-state index in [0.717, 1.165) is 17.9 Å². The quantitative estimate of drug-likeness (QED) is 0.485. The Hall–Kier alpha value is -1.17. The number of hydrogen-bond donors (Lipinski definition) is 1. The molecular formula is C9H15N5S. The van der Waals surface area contributed by atoms with Crippen molar-refractivity contribution in [1.82, 2.24) is 9.97 Å². The summed E-state index contributed by atoms with van der Waals surface area (Å²) in [6.07, 6.45) is 1.09. The van der Waals surface area contributed by atoms with Crippen LogP contribution in [-0.2, 0) is 0 Å². The molecule has 0 fully saturated rings. The first kappa shape index (κ1) is 11.9. The molecule has 0 amide bonds. The van der Waals surface area contributed by atoms with Crippen LogP contribution in [0.25, 0.3) is 0 Å². The second kappa shape index (κ2) is 5.65. The molecule has 0 atom stereocenters. The molecule has 0 bridgehead atoms. The first-order valence-corrected chi connectivity index (χ1v) is 5.74. The summed E-state index contributed by atoms with van der Waals surface area (Å²) in [7, 11) is 1.60. The topological polar surface area (TPSA) is 76.5 Å². The summed E-state index contributed by atoms with van der Waals surface area (Å²) in [6, 6.07) is 0. The van der Waals surface area contributed by atoms with E-state index in [1.165, 1.54) is 0 Å². The molecule has 6 heteroatoms. The van der Waals surface area contributed by atoms with Crippen LogP contribution in [0.2, 0.25) is 0 Å². The minimum Gasteiger partial charge on any atom is -0.382 e. The first-order valence-electron chi connectivity index (χ1n) is 4.75. The Balaban J connectivity index is 2.97. The summed E-state index contributed by atoms with van der Waals surface area (Å²) in [5, 5.41) is 8.28. The van der Waals surface area contributed by atoms with Crippen molar-refractivity contribution in [2.24, 2.45) is 10.2 Å². The summed E-state index contributed by atoms with van der Waals surface area (Å²) in [4.78, 5) is 8.47. The number of aryl methyl sites for hydroxylation is 1. The lowest BCUT2D eigenvalue weighted by Gasteiger charge is -2.04. The van der Waals surface area contributed by atoms with Crippen LogP contribution in [0.3, 0.4) is 0 Å². The van der Waals surface area contributed by atoms with E-state index < -0.39 is 0 Å². The normalized spacial score (nSPS) is 11.1. The van der Waals surface area contributed by atoms with Gasteiger partial charge >= 0.3 is 0 Å². The number of nitrogens with zero attached hydrogens (tertiary/aromatic N) is 4. The van der Waals surface area contributed by atoms with E-state index in [1.807, 2.05) is 6.92 Å². The highest BCUT2D eigenvalue weighted by atomic mass is 32.2. The SMILES string of the molecule is CCCSc1nc(C)c(N=NC)c(N)n1. The standard InChI is InChI=1S/C9H15N5S/c1-4-5-15-9-12-6(2)7(14-11-3)8(10)13-9/h4-5H2,1-3H3,(H2,10,12,13). The molecule has 82 valence electrons. The lowest BCUT2D eigenvalue weighted by atomic mass is 10.3. The highest BCUT2D eigenvalue weighted by Crippen LogP contribution is 2.26. The van der Waals surface area contributed by atoms with Crippen LogP contribution in [0.5, 0.6) is 0 Å². The van der Waals surface area contributed by atoms with E-state index in [9.17, 15) is 0 Å². The summed E-state index contributed by atoms with van der Waals surface area (Å²) >= 11 is 1.60. The van der Waals surface area contributed by atoms with Gasteiger partial charge in [-0.1, -0.05) is 18.7 Å². The predicted molar refractivity (Wildman–Crippen MR) is 62.6 cm³/mol. The fourth-order valence-electron chi connectivity index (χ4n) is 1.04. The predicted octanol–water partition coefficient (Wildman–Crippen LogP) is 2.58. The highest BCUT2D eigenvalue weighted by Gasteiger charge is 2.08. The monoisotopic (exact) mass is 225 g/mol. The first-order chi connectivity index (χ1) is 7.19. The van der Waals surface area contributed by atoms with Crippen LogP contribution in [0.1, 0.15) is 19.0 Å². The minimum atomic E-state index is 0.395. The molecule has 0 saturated carbocycles. The third kappa shape index (κ3) is 3.16. The molecule has 15 heavy (non-hydrogen) atoms. The molecule has 0 aromatic carbocycles. The summed E-state index contributed by atoms with van der Waals surface area (Å²) in [6.45, 7) is 3.97. The van der Waals surface area contributed by atoms with Gasteiger partial charge in [-0.05, 0) is 13.3 Å². The molecule has 0 unspecified atom stereocenters. The molecule has 1 heterocycles. The maximum atomic E-state index is 5.76. The van der Waals surface area contributed by atoms with E-state index in [-0.39, 0.29) is 0 Å². The van der Waals surface area contributed by atoms with Gasteiger partial charge in [0.1, 0.15) is 5.69 Å². The van der Waals surface area contributed by atoms with Gasteiger partial charge < -0.3 is 5.73 Å². The van der Waals surface area contributed by atoms with Crippen molar-refractivity contribution < 1.29 is 0 Å². The molecule has 0 radical (unpaired) electrons. The Morgan fingerprint density at radius 3 is 2.67 bits per heavy atom. The van der Waals surface area contributed by atoms with Gasteiger partial charge in [0.15, 0.2) is 11.0 Å². The lowest BCUT2D eigenvalue weighted by Crippen LogP contribution is -1.98. The Bertz CT molecular complexity index is 341. The van der Waals surface area contributed by atoms with Crippen LogP contribution in [-0.4, -0.2) is 22.8 Å². The summed E-state index contributed by atoms with van der Waals surface area (Å²) in [5.74, 6) is 1.39. The molecule has 0 spiro atoms. The zero-order valence-corrected chi connectivity index (χ0v) is 10.0. The molecule has 2 N–H and O–H groups in total. The van der Waals surface area contributed by atoms with Gasteiger partial charge in [0.2, 0.25) is 0 Å². The average molecular weight is 225 g/mol. The Morgan fingerprint density at radius 1 is 1.40 bits per heavy atom. The molecule has 0 aliphatic carbocycles. The van der Waals surface area contributed by atoms with Gasteiger partial charge in [0.25, 0.3) is 0 Å². The molecule has 0 saturated heterocycles. The largest absolute Gasteiger partial charge is 0.382 e. The van der Waals surface area contributed by atoms with Crippen molar-refractivity contribution in [3.63, 3.8) is 0 Å². The van der Waals surface area contributed by atoms with Crippen LogP contribution >= 0.6 is 11.8 Å². The fourth-order valence-corrected chi connectivity index (χ4v) is 1.80. The van der Waals surface area contributed by atoms with Crippen LogP contribution < -0.4 is 5.73 Å². The zero-order chi connectivity index (χ0) is 11.3. The number of nitrogen functional groups attached to an aromatic ring is 1. The van der Waals surface area contributed by atoms with Gasteiger partial charge in [-0.3, -0.25) is 0 Å². The number of anilines is 1. The molecular weight excluding hydrogens is 210 g/mol. The van der Waals surface area contributed by atoms with Crippen molar-refractivity contribution in [2.75, 3.05) is 18.5 Å². The van der Waals surface area contributed by atoms with E-state index in [4.69, 9.17) is 5.73 Å². The molecule has 0 aliphatic heterocycles. The minimum absolute atomic E-state index is 0.395. The molecule has 1 aromatic rings. The summed E-state index contributed by atoms with van der Waals surface area (Å²) < 4.78 is 0. The fraction of sp³-hybridized carbons (Fsp3) is 0.556. The Labute approximate surface area is 93.6 Å². The number of rotatable bonds is 4. The van der Waals surface area contributed by atoms with E-state index in [0.29, 0.717) is 16.7 Å². The van der Waals surface area contributed by atoms with Crippen molar-refractivity contribution >= 4 is 23.3 Å². The maximum Gasteiger partial charge on any atom is 0.189 e. The van der Waals surface area contributed by atoms with Crippen molar-refractivity contribution in [2.45, 2.75) is 25.4 Å². The van der Waals surface area contributed by atoms with Gasteiger partial charge in [-0.2, -0.15) is 10.2 Å². The Morgan fingerprint density at radius 2 is 2.13 bits per heavy atom. The van der Waals surface area contributed by atoms with Crippen LogP contribution in [0.15, 0.2) is 15.4 Å². The molecule has 0 aliphatic rings. The molecule has 1 rings (SSSR count). The second-order valence-electron chi connectivity index (χ2n) is 2.97. The van der Waals surface area contributed by atoms with Crippen molar-refractivity contribution in [1.29, 1.82) is 0 Å². The molecule has 5 nitrogen and oxygen atoms in total. The second-order valence-corrected chi connectivity index (χ2v) is 4.04. The number of hydrogen-bond acceptors (Lipinski definition) is 6. The molecule has 1 aromatic heterocycles. The lowest BCUT2D eigenvalue weighted by molar-refractivity contribution is 0.927. The van der Waals surface area contributed by atoms with Gasteiger partial charge in [0.05, 0.1) is 5.69 Å². The maximum absolute atomic E-state index is 5.76. The van der Waals surface area contributed by atoms with Gasteiger partial charge in [-0.15, -0.1) is 0 Å². The number of nitrogens with two attached hydrogens (primary N) is 1. The van der Waals surface area contributed by atoms with Crippen molar-refractivity contribution in [3.8, 4) is 0 Å². The van der Waals surface area contributed by atoms with E-state index in [1.54, 1.807) is 18.8 Å². The van der Waals surface area contributed by atoms with E-state index in [2.05, 4.69) is 27.1 Å². The highest BCUT2D eigenvalue weighted by molar-refractivity contribution is 7.99. The average Bonchev–Trinajstić information content (AvgIpc) is 2.20. The Kier molecular flexibility index (Phi) is 4.48. The van der Waals surface area contributed by atoms with E-state index >= 15 is 0 Å². The number of aromatic nitrogens is 2. The van der Waals surface area contributed by atoms with Crippen LogP contribution in [0.4, 0.5) is 11.5 Å².